The lowest BCUT2D eigenvalue weighted by molar-refractivity contribution is -0.147. The topological polar surface area (TPSA) is 65.5 Å². The van der Waals surface area contributed by atoms with Crippen LogP contribution in [0.15, 0.2) is 85.2 Å². The summed E-state index contributed by atoms with van der Waals surface area (Å²) in [6, 6.07) is 24.6. The Balaban J connectivity index is 1.38. The molecule has 31 heavy (non-hydrogen) atoms. The first-order valence-electron chi connectivity index (χ1n) is 10.5. The standard InChI is InChI=1S/C25H26N4O2/c30-24(27-19-20-11-13-26-14-12-20)25(31)29-17-15-28(16-18-29)23(21-7-3-1-4-8-21)22-9-5-2-6-10-22/h1-14,23H,15-19H2,(H,27,30). The maximum Gasteiger partial charge on any atom is 0.311 e. The molecule has 0 atom stereocenters. The van der Waals surface area contributed by atoms with E-state index in [0.717, 1.165) is 5.56 Å². The van der Waals surface area contributed by atoms with E-state index in [4.69, 9.17) is 0 Å². The van der Waals surface area contributed by atoms with E-state index >= 15 is 0 Å². The minimum absolute atomic E-state index is 0.125. The highest BCUT2D eigenvalue weighted by atomic mass is 16.2. The average molecular weight is 415 g/mol. The van der Waals surface area contributed by atoms with Gasteiger partial charge < -0.3 is 10.2 Å². The van der Waals surface area contributed by atoms with Crippen molar-refractivity contribution in [3.05, 3.63) is 102 Å². The molecular formula is C25H26N4O2. The van der Waals surface area contributed by atoms with Crippen LogP contribution in [0.2, 0.25) is 0 Å². The minimum atomic E-state index is -0.562. The second-order valence-corrected chi connectivity index (χ2v) is 7.59. The normalized spacial score (nSPS) is 14.4. The molecule has 3 aromatic rings. The van der Waals surface area contributed by atoms with Crippen molar-refractivity contribution in [1.82, 2.24) is 20.1 Å². The Morgan fingerprint density at radius 3 is 1.90 bits per heavy atom. The van der Waals surface area contributed by atoms with Crippen LogP contribution in [0.4, 0.5) is 0 Å². The molecule has 1 aliphatic rings. The number of nitrogens with one attached hydrogen (secondary N) is 1. The fourth-order valence-electron chi connectivity index (χ4n) is 3.97. The van der Waals surface area contributed by atoms with Crippen LogP contribution in [0.3, 0.4) is 0 Å². The first kappa shape index (κ1) is 20.8. The summed E-state index contributed by atoms with van der Waals surface area (Å²) in [5, 5.41) is 2.71. The van der Waals surface area contributed by atoms with Gasteiger partial charge in [-0.2, -0.15) is 0 Å². The summed E-state index contributed by atoms with van der Waals surface area (Å²) in [6.07, 6.45) is 3.33. The van der Waals surface area contributed by atoms with E-state index in [1.807, 2.05) is 24.3 Å². The van der Waals surface area contributed by atoms with Crippen LogP contribution in [0.25, 0.3) is 0 Å². The van der Waals surface area contributed by atoms with E-state index in [1.54, 1.807) is 17.3 Å². The molecule has 0 spiro atoms. The van der Waals surface area contributed by atoms with Crippen LogP contribution in [-0.2, 0) is 16.1 Å². The van der Waals surface area contributed by atoms with Gasteiger partial charge in [0.25, 0.3) is 0 Å². The van der Waals surface area contributed by atoms with Crippen molar-refractivity contribution in [2.45, 2.75) is 12.6 Å². The molecule has 1 fully saturated rings. The van der Waals surface area contributed by atoms with Gasteiger partial charge in [-0.05, 0) is 28.8 Å². The van der Waals surface area contributed by atoms with Crippen molar-refractivity contribution >= 4 is 11.8 Å². The molecule has 2 amide bonds. The highest BCUT2D eigenvalue weighted by molar-refractivity contribution is 6.35. The van der Waals surface area contributed by atoms with Crippen LogP contribution in [-0.4, -0.2) is 52.8 Å². The van der Waals surface area contributed by atoms with Crippen molar-refractivity contribution in [2.75, 3.05) is 26.2 Å². The van der Waals surface area contributed by atoms with E-state index in [9.17, 15) is 9.59 Å². The van der Waals surface area contributed by atoms with Crippen LogP contribution < -0.4 is 5.32 Å². The highest BCUT2D eigenvalue weighted by Crippen LogP contribution is 2.29. The van der Waals surface area contributed by atoms with Gasteiger partial charge in [0, 0.05) is 45.1 Å². The van der Waals surface area contributed by atoms with Crippen molar-refractivity contribution in [1.29, 1.82) is 0 Å². The smallest absolute Gasteiger partial charge is 0.311 e. The van der Waals surface area contributed by atoms with E-state index < -0.39 is 11.8 Å². The number of aromatic nitrogens is 1. The third kappa shape index (κ3) is 5.16. The number of hydrogen-bond donors (Lipinski definition) is 1. The minimum Gasteiger partial charge on any atom is -0.344 e. The lowest BCUT2D eigenvalue weighted by Crippen LogP contribution is -2.53. The zero-order chi connectivity index (χ0) is 21.5. The second-order valence-electron chi connectivity index (χ2n) is 7.59. The Morgan fingerprint density at radius 2 is 1.35 bits per heavy atom. The van der Waals surface area contributed by atoms with Gasteiger partial charge in [-0.25, -0.2) is 0 Å². The number of carbonyl (C=O) groups is 2. The molecule has 1 N–H and O–H groups in total. The Hall–Kier alpha value is -3.51. The maximum absolute atomic E-state index is 12.6. The number of pyridine rings is 1. The fraction of sp³-hybridized carbons (Fsp3) is 0.240. The van der Waals surface area contributed by atoms with Crippen LogP contribution in [0.5, 0.6) is 0 Å². The predicted octanol–water partition coefficient (Wildman–Crippen LogP) is 2.63. The van der Waals surface area contributed by atoms with Crippen molar-refractivity contribution < 1.29 is 9.59 Å². The third-order valence-electron chi connectivity index (χ3n) is 5.59. The number of carbonyl (C=O) groups excluding carboxylic acids is 2. The zero-order valence-electron chi connectivity index (χ0n) is 17.4. The first-order chi connectivity index (χ1) is 15.2. The lowest BCUT2D eigenvalue weighted by atomic mass is 9.96. The summed E-state index contributed by atoms with van der Waals surface area (Å²) >= 11 is 0. The number of amides is 2. The molecule has 158 valence electrons. The summed E-state index contributed by atoms with van der Waals surface area (Å²) in [7, 11) is 0. The van der Waals surface area contributed by atoms with Gasteiger partial charge >= 0.3 is 11.8 Å². The number of piperazine rings is 1. The lowest BCUT2D eigenvalue weighted by Gasteiger charge is -2.39. The molecule has 0 bridgehead atoms. The Bertz CT molecular complexity index is 948. The van der Waals surface area contributed by atoms with Gasteiger partial charge in [-0.15, -0.1) is 0 Å². The quantitative estimate of drug-likeness (QED) is 0.652. The predicted molar refractivity (Wildman–Crippen MR) is 119 cm³/mol. The van der Waals surface area contributed by atoms with Gasteiger partial charge in [-0.1, -0.05) is 60.7 Å². The van der Waals surface area contributed by atoms with E-state index in [0.29, 0.717) is 32.7 Å². The zero-order valence-corrected chi connectivity index (χ0v) is 17.4. The first-order valence-corrected chi connectivity index (χ1v) is 10.5. The molecule has 6 nitrogen and oxygen atoms in total. The molecule has 0 radical (unpaired) electrons. The summed E-state index contributed by atoms with van der Waals surface area (Å²) in [5.41, 5.74) is 3.36. The van der Waals surface area contributed by atoms with E-state index in [2.05, 4.69) is 63.7 Å². The highest BCUT2D eigenvalue weighted by Gasteiger charge is 2.30. The maximum atomic E-state index is 12.6. The van der Waals surface area contributed by atoms with Gasteiger partial charge in [0.1, 0.15) is 0 Å². The summed E-state index contributed by atoms with van der Waals surface area (Å²) in [5.74, 6) is -1.03. The molecule has 1 saturated heterocycles. The van der Waals surface area contributed by atoms with E-state index in [1.165, 1.54) is 11.1 Å². The molecule has 1 aromatic heterocycles. The number of benzene rings is 2. The number of nitrogens with zero attached hydrogens (tertiary/aromatic N) is 3. The molecular weight excluding hydrogens is 388 g/mol. The number of hydrogen-bond acceptors (Lipinski definition) is 4. The molecule has 2 aromatic carbocycles. The molecule has 4 rings (SSSR count). The molecule has 0 aliphatic carbocycles. The average Bonchev–Trinajstić information content (AvgIpc) is 2.85. The largest absolute Gasteiger partial charge is 0.344 e. The van der Waals surface area contributed by atoms with Gasteiger partial charge in [-0.3, -0.25) is 19.5 Å². The third-order valence-corrected chi connectivity index (χ3v) is 5.59. The summed E-state index contributed by atoms with van der Waals surface area (Å²) < 4.78 is 0. The Labute approximate surface area is 182 Å². The van der Waals surface area contributed by atoms with Crippen LogP contribution in [0, 0.1) is 0 Å². The van der Waals surface area contributed by atoms with Gasteiger partial charge in [0.15, 0.2) is 0 Å². The van der Waals surface area contributed by atoms with Crippen molar-refractivity contribution in [3.63, 3.8) is 0 Å². The van der Waals surface area contributed by atoms with E-state index in [-0.39, 0.29) is 6.04 Å². The van der Waals surface area contributed by atoms with Gasteiger partial charge in [0.05, 0.1) is 6.04 Å². The monoisotopic (exact) mass is 414 g/mol. The van der Waals surface area contributed by atoms with Crippen molar-refractivity contribution in [3.8, 4) is 0 Å². The van der Waals surface area contributed by atoms with Crippen molar-refractivity contribution in [2.24, 2.45) is 0 Å². The molecule has 0 saturated carbocycles. The Morgan fingerprint density at radius 1 is 0.806 bits per heavy atom. The van der Waals surface area contributed by atoms with Gasteiger partial charge in [0.2, 0.25) is 0 Å². The molecule has 6 heteroatoms. The SMILES string of the molecule is O=C(NCc1ccncc1)C(=O)N1CCN(C(c2ccccc2)c2ccccc2)CC1. The molecule has 1 aliphatic heterocycles. The summed E-state index contributed by atoms with van der Waals surface area (Å²) in [6.45, 7) is 2.78. The fourth-order valence-corrected chi connectivity index (χ4v) is 3.97. The number of rotatable bonds is 5. The molecule has 2 heterocycles. The second kappa shape index (κ2) is 10.00. The summed E-state index contributed by atoms with van der Waals surface area (Å²) in [4.78, 5) is 32.9. The van der Waals surface area contributed by atoms with Crippen LogP contribution >= 0.6 is 0 Å². The molecule has 0 unspecified atom stereocenters. The Kier molecular flexibility index (Phi) is 6.69. The van der Waals surface area contributed by atoms with Crippen LogP contribution in [0.1, 0.15) is 22.7 Å².